The lowest BCUT2D eigenvalue weighted by atomic mass is 10.1. The molecule has 82 valence electrons. The Bertz CT molecular complexity index is 447. The van der Waals surface area contributed by atoms with Crippen molar-refractivity contribution in [3.05, 3.63) is 23.9 Å². The molecule has 3 heteroatoms. The van der Waals surface area contributed by atoms with Crippen LogP contribution in [0.2, 0.25) is 0 Å². The van der Waals surface area contributed by atoms with Crippen LogP contribution in [0.25, 0.3) is 0 Å². The second-order valence-corrected chi connectivity index (χ2v) is 3.91. The molecule has 1 saturated heterocycles. The topological polar surface area (TPSA) is 33.2 Å². The standard InChI is InChI=1S/C13H14N2O/c1-3-10-8-13(16)15(9-10)12-7-5-6-11(4-2)14-12/h1,5-7,10H,4,8-9H2,2H3. The molecule has 1 aliphatic rings. The first-order valence-electron chi connectivity index (χ1n) is 5.47. The third kappa shape index (κ3) is 1.92. The molecule has 0 aliphatic carbocycles. The van der Waals surface area contributed by atoms with Crippen LogP contribution in [0.1, 0.15) is 19.0 Å². The SMILES string of the molecule is C#CC1CC(=O)N(c2cccc(CC)n2)C1. The number of carbonyl (C=O) groups excluding carboxylic acids is 1. The van der Waals surface area contributed by atoms with E-state index >= 15 is 0 Å². The van der Waals surface area contributed by atoms with Gasteiger partial charge >= 0.3 is 0 Å². The molecular weight excluding hydrogens is 200 g/mol. The first kappa shape index (κ1) is 10.7. The lowest BCUT2D eigenvalue weighted by Crippen LogP contribution is -2.25. The first-order chi connectivity index (χ1) is 7.74. The van der Waals surface area contributed by atoms with Crippen LogP contribution in [-0.2, 0) is 11.2 Å². The van der Waals surface area contributed by atoms with Crippen LogP contribution >= 0.6 is 0 Å². The van der Waals surface area contributed by atoms with Gasteiger partial charge in [-0.3, -0.25) is 9.69 Å². The lowest BCUT2D eigenvalue weighted by molar-refractivity contribution is -0.117. The van der Waals surface area contributed by atoms with Gasteiger partial charge in [-0.05, 0) is 18.6 Å². The molecule has 0 spiro atoms. The molecule has 0 saturated carbocycles. The number of anilines is 1. The van der Waals surface area contributed by atoms with E-state index in [1.807, 2.05) is 25.1 Å². The Morgan fingerprint density at radius 3 is 3.06 bits per heavy atom. The van der Waals surface area contributed by atoms with Gasteiger partial charge in [-0.2, -0.15) is 0 Å². The molecule has 0 aromatic carbocycles. The molecule has 1 aliphatic heterocycles. The smallest absolute Gasteiger partial charge is 0.229 e. The van der Waals surface area contributed by atoms with Crippen LogP contribution in [0, 0.1) is 18.3 Å². The molecule has 2 heterocycles. The van der Waals surface area contributed by atoms with Crippen molar-refractivity contribution in [1.29, 1.82) is 0 Å². The Labute approximate surface area is 95.5 Å². The zero-order chi connectivity index (χ0) is 11.5. The largest absolute Gasteiger partial charge is 0.296 e. The minimum Gasteiger partial charge on any atom is -0.296 e. The lowest BCUT2D eigenvalue weighted by Gasteiger charge is -2.15. The maximum Gasteiger partial charge on any atom is 0.229 e. The van der Waals surface area contributed by atoms with E-state index in [0.29, 0.717) is 13.0 Å². The van der Waals surface area contributed by atoms with Gasteiger partial charge in [0, 0.05) is 24.6 Å². The predicted octanol–water partition coefficient (Wildman–Crippen LogP) is 1.63. The van der Waals surface area contributed by atoms with Crippen molar-refractivity contribution in [3.8, 4) is 12.3 Å². The Morgan fingerprint density at radius 1 is 1.62 bits per heavy atom. The number of aryl methyl sites for hydroxylation is 1. The van der Waals surface area contributed by atoms with Gasteiger partial charge in [-0.25, -0.2) is 4.98 Å². The fraction of sp³-hybridized carbons (Fsp3) is 0.385. The average Bonchev–Trinajstić information content (AvgIpc) is 2.71. The summed E-state index contributed by atoms with van der Waals surface area (Å²) < 4.78 is 0. The highest BCUT2D eigenvalue weighted by atomic mass is 16.2. The fourth-order valence-corrected chi connectivity index (χ4v) is 1.85. The molecule has 0 bridgehead atoms. The van der Waals surface area contributed by atoms with Crippen LogP contribution < -0.4 is 4.90 Å². The minimum absolute atomic E-state index is 0.0274. The molecule has 1 atom stereocenters. The zero-order valence-electron chi connectivity index (χ0n) is 9.31. The first-order valence-corrected chi connectivity index (χ1v) is 5.47. The van der Waals surface area contributed by atoms with Crippen molar-refractivity contribution in [1.82, 2.24) is 4.98 Å². The van der Waals surface area contributed by atoms with E-state index < -0.39 is 0 Å². The summed E-state index contributed by atoms with van der Waals surface area (Å²) in [4.78, 5) is 17.8. The summed E-state index contributed by atoms with van der Waals surface area (Å²) in [5, 5.41) is 0. The second kappa shape index (κ2) is 4.36. The highest BCUT2D eigenvalue weighted by Crippen LogP contribution is 2.23. The third-order valence-corrected chi connectivity index (χ3v) is 2.79. The highest BCUT2D eigenvalue weighted by molar-refractivity contribution is 5.95. The van der Waals surface area contributed by atoms with Crippen molar-refractivity contribution in [2.45, 2.75) is 19.8 Å². The van der Waals surface area contributed by atoms with E-state index in [-0.39, 0.29) is 11.8 Å². The summed E-state index contributed by atoms with van der Waals surface area (Å²) in [6.07, 6.45) is 6.65. The number of hydrogen-bond donors (Lipinski definition) is 0. The van der Waals surface area contributed by atoms with Gasteiger partial charge in [0.25, 0.3) is 0 Å². The summed E-state index contributed by atoms with van der Waals surface area (Å²) >= 11 is 0. The predicted molar refractivity (Wildman–Crippen MR) is 62.9 cm³/mol. The Kier molecular flexibility index (Phi) is 2.91. The normalized spacial score (nSPS) is 19.9. The quantitative estimate of drug-likeness (QED) is 0.701. The van der Waals surface area contributed by atoms with Crippen molar-refractivity contribution in [3.63, 3.8) is 0 Å². The van der Waals surface area contributed by atoms with Gasteiger partial charge in [0.15, 0.2) is 0 Å². The van der Waals surface area contributed by atoms with Crippen molar-refractivity contribution in [2.24, 2.45) is 5.92 Å². The molecule has 16 heavy (non-hydrogen) atoms. The van der Waals surface area contributed by atoms with Gasteiger partial charge in [-0.1, -0.05) is 13.0 Å². The number of amides is 1. The van der Waals surface area contributed by atoms with Crippen molar-refractivity contribution in [2.75, 3.05) is 11.4 Å². The molecule has 0 N–H and O–H groups in total. The van der Waals surface area contributed by atoms with Crippen LogP contribution in [0.3, 0.4) is 0 Å². The summed E-state index contributed by atoms with van der Waals surface area (Å²) in [6, 6.07) is 5.75. The van der Waals surface area contributed by atoms with E-state index in [1.165, 1.54) is 0 Å². The van der Waals surface area contributed by atoms with Gasteiger partial charge in [0.05, 0.1) is 0 Å². The number of rotatable bonds is 2. The molecule has 1 amide bonds. The highest BCUT2D eigenvalue weighted by Gasteiger charge is 2.29. The van der Waals surface area contributed by atoms with Gasteiger partial charge in [-0.15, -0.1) is 12.3 Å². The average molecular weight is 214 g/mol. The summed E-state index contributed by atoms with van der Waals surface area (Å²) in [7, 11) is 0. The van der Waals surface area contributed by atoms with E-state index in [1.54, 1.807) is 4.90 Å². The minimum atomic E-state index is 0.0274. The van der Waals surface area contributed by atoms with Crippen molar-refractivity contribution >= 4 is 11.7 Å². The summed E-state index contributed by atoms with van der Waals surface area (Å²) in [5.74, 6) is 3.46. The monoisotopic (exact) mass is 214 g/mol. The van der Waals surface area contributed by atoms with E-state index in [0.717, 1.165) is 17.9 Å². The molecule has 1 fully saturated rings. The van der Waals surface area contributed by atoms with Crippen LogP contribution in [0.5, 0.6) is 0 Å². The Balaban J connectivity index is 2.24. The number of carbonyl (C=O) groups is 1. The van der Waals surface area contributed by atoms with Crippen LogP contribution in [0.15, 0.2) is 18.2 Å². The molecule has 1 unspecified atom stereocenters. The maximum atomic E-state index is 11.7. The number of nitrogens with zero attached hydrogens (tertiary/aromatic N) is 2. The molecule has 1 aromatic rings. The second-order valence-electron chi connectivity index (χ2n) is 3.91. The Morgan fingerprint density at radius 2 is 2.44 bits per heavy atom. The van der Waals surface area contributed by atoms with Crippen LogP contribution in [-0.4, -0.2) is 17.4 Å². The zero-order valence-corrected chi connectivity index (χ0v) is 9.31. The van der Waals surface area contributed by atoms with Crippen LogP contribution in [0.4, 0.5) is 5.82 Å². The number of aromatic nitrogens is 1. The third-order valence-electron chi connectivity index (χ3n) is 2.79. The molecule has 2 rings (SSSR count). The number of terminal acetylenes is 1. The fourth-order valence-electron chi connectivity index (χ4n) is 1.85. The van der Waals surface area contributed by atoms with Gasteiger partial charge in [0.1, 0.15) is 5.82 Å². The number of hydrogen-bond acceptors (Lipinski definition) is 2. The molecule has 0 radical (unpaired) electrons. The molecule has 1 aromatic heterocycles. The molecule has 3 nitrogen and oxygen atoms in total. The maximum absolute atomic E-state index is 11.7. The molecular formula is C13H14N2O. The summed E-state index contributed by atoms with van der Waals surface area (Å²) in [6.45, 7) is 2.64. The summed E-state index contributed by atoms with van der Waals surface area (Å²) in [5.41, 5.74) is 0.995. The van der Waals surface area contributed by atoms with Gasteiger partial charge in [0.2, 0.25) is 5.91 Å². The Hall–Kier alpha value is -1.82. The van der Waals surface area contributed by atoms with E-state index in [2.05, 4.69) is 10.9 Å². The van der Waals surface area contributed by atoms with Crippen molar-refractivity contribution < 1.29 is 4.79 Å². The number of pyridine rings is 1. The van der Waals surface area contributed by atoms with Gasteiger partial charge < -0.3 is 0 Å². The van der Waals surface area contributed by atoms with E-state index in [4.69, 9.17) is 6.42 Å². The van der Waals surface area contributed by atoms with E-state index in [9.17, 15) is 4.79 Å².